The Morgan fingerprint density at radius 1 is 1.21 bits per heavy atom. The maximum absolute atomic E-state index is 12.4. The molecule has 1 N–H and O–H groups in total. The van der Waals surface area contributed by atoms with Gasteiger partial charge in [-0.1, -0.05) is 41.9 Å². The Labute approximate surface area is 177 Å². The Balaban J connectivity index is 1.48. The van der Waals surface area contributed by atoms with Gasteiger partial charge in [0, 0.05) is 31.1 Å². The molecule has 1 aliphatic heterocycles. The summed E-state index contributed by atoms with van der Waals surface area (Å²) in [5, 5.41) is 3.80. The smallest absolute Gasteiger partial charge is 0.220 e. The van der Waals surface area contributed by atoms with E-state index in [0.717, 1.165) is 35.0 Å². The number of carbonyl (C=O) groups is 1. The van der Waals surface area contributed by atoms with E-state index in [9.17, 15) is 4.79 Å². The van der Waals surface area contributed by atoms with Crippen molar-refractivity contribution >= 4 is 17.5 Å². The number of hydrogen-bond acceptors (Lipinski definition) is 4. The molecule has 5 nitrogen and oxygen atoms in total. The van der Waals surface area contributed by atoms with Crippen LogP contribution in [0.15, 0.2) is 48.5 Å². The molecule has 6 heteroatoms. The van der Waals surface area contributed by atoms with E-state index in [-0.39, 0.29) is 11.9 Å². The highest BCUT2D eigenvalue weighted by Crippen LogP contribution is 2.27. The minimum atomic E-state index is 0.0307. The van der Waals surface area contributed by atoms with Crippen LogP contribution < -0.4 is 10.1 Å². The third-order valence-corrected chi connectivity index (χ3v) is 5.39. The molecule has 0 bridgehead atoms. The number of hydrogen-bond donors (Lipinski definition) is 1. The van der Waals surface area contributed by atoms with Crippen LogP contribution in [0.5, 0.6) is 5.75 Å². The van der Waals surface area contributed by atoms with E-state index in [1.165, 1.54) is 0 Å². The monoisotopic (exact) mass is 416 g/mol. The highest BCUT2D eigenvalue weighted by atomic mass is 35.5. The van der Waals surface area contributed by atoms with Crippen LogP contribution in [0, 0.1) is 6.92 Å². The second-order valence-electron chi connectivity index (χ2n) is 7.26. The van der Waals surface area contributed by atoms with Crippen LogP contribution in [0.25, 0.3) is 0 Å². The second-order valence-corrected chi connectivity index (χ2v) is 7.67. The van der Waals surface area contributed by atoms with Crippen LogP contribution in [0.2, 0.25) is 5.02 Å². The molecule has 0 aromatic heterocycles. The molecule has 0 aliphatic carbocycles. The normalized spacial score (nSPS) is 15.7. The average molecular weight is 417 g/mol. The fourth-order valence-electron chi connectivity index (χ4n) is 3.50. The van der Waals surface area contributed by atoms with Crippen molar-refractivity contribution in [3.05, 3.63) is 64.7 Å². The summed E-state index contributed by atoms with van der Waals surface area (Å²) < 4.78 is 11.2. The molecule has 1 aliphatic rings. The van der Waals surface area contributed by atoms with Gasteiger partial charge in [-0.15, -0.1) is 0 Å². The van der Waals surface area contributed by atoms with Crippen molar-refractivity contribution in [3.63, 3.8) is 0 Å². The number of aryl methyl sites for hydroxylation is 1. The SMILES string of the molecule is Cc1cccc(OCCCC(=O)NCC(c2ccccc2Cl)N2CCOCC2)c1. The lowest BCUT2D eigenvalue weighted by Gasteiger charge is -2.35. The molecule has 0 spiro atoms. The van der Waals surface area contributed by atoms with Crippen molar-refractivity contribution in [1.29, 1.82) is 0 Å². The van der Waals surface area contributed by atoms with Crippen LogP contribution in [-0.2, 0) is 9.53 Å². The van der Waals surface area contributed by atoms with Crippen molar-refractivity contribution < 1.29 is 14.3 Å². The summed E-state index contributed by atoms with van der Waals surface area (Å²) in [4.78, 5) is 14.7. The molecule has 2 aromatic rings. The highest BCUT2D eigenvalue weighted by Gasteiger charge is 2.24. The average Bonchev–Trinajstić information content (AvgIpc) is 2.73. The number of benzene rings is 2. The van der Waals surface area contributed by atoms with E-state index in [4.69, 9.17) is 21.1 Å². The molecule has 1 amide bonds. The quantitative estimate of drug-likeness (QED) is 0.628. The topological polar surface area (TPSA) is 50.8 Å². The maximum atomic E-state index is 12.4. The zero-order chi connectivity index (χ0) is 20.5. The number of ether oxygens (including phenoxy) is 2. The van der Waals surface area contributed by atoms with Gasteiger partial charge in [0.25, 0.3) is 0 Å². The predicted molar refractivity (Wildman–Crippen MR) is 116 cm³/mol. The predicted octanol–water partition coefficient (Wildman–Crippen LogP) is 4.00. The molecule has 3 rings (SSSR count). The Hall–Kier alpha value is -2.08. The van der Waals surface area contributed by atoms with Gasteiger partial charge in [-0.2, -0.15) is 0 Å². The van der Waals surface area contributed by atoms with Gasteiger partial charge in [0.1, 0.15) is 5.75 Å². The summed E-state index contributed by atoms with van der Waals surface area (Å²) in [5.41, 5.74) is 2.20. The first-order chi connectivity index (χ1) is 14.1. The largest absolute Gasteiger partial charge is 0.494 e. The Bertz CT molecular complexity index is 793. The van der Waals surface area contributed by atoms with Gasteiger partial charge >= 0.3 is 0 Å². The molecule has 0 saturated carbocycles. The van der Waals surface area contributed by atoms with Gasteiger partial charge in [0.05, 0.1) is 25.9 Å². The number of morpholine rings is 1. The molecule has 2 aromatic carbocycles. The summed E-state index contributed by atoms with van der Waals surface area (Å²) in [5.74, 6) is 0.875. The minimum absolute atomic E-state index is 0.0307. The van der Waals surface area contributed by atoms with Gasteiger partial charge in [-0.3, -0.25) is 9.69 Å². The van der Waals surface area contributed by atoms with Crippen molar-refractivity contribution in [2.75, 3.05) is 39.5 Å². The highest BCUT2D eigenvalue weighted by molar-refractivity contribution is 6.31. The van der Waals surface area contributed by atoms with Crippen LogP contribution >= 0.6 is 11.6 Å². The van der Waals surface area contributed by atoms with E-state index in [1.54, 1.807) is 0 Å². The van der Waals surface area contributed by atoms with E-state index >= 15 is 0 Å². The molecule has 1 saturated heterocycles. The van der Waals surface area contributed by atoms with Gasteiger partial charge in [0.15, 0.2) is 0 Å². The van der Waals surface area contributed by atoms with Crippen LogP contribution in [0.1, 0.15) is 30.0 Å². The first-order valence-corrected chi connectivity index (χ1v) is 10.5. The zero-order valence-electron chi connectivity index (χ0n) is 16.9. The van der Waals surface area contributed by atoms with Crippen molar-refractivity contribution in [2.24, 2.45) is 0 Å². The maximum Gasteiger partial charge on any atom is 0.220 e. The number of nitrogens with one attached hydrogen (secondary N) is 1. The fourth-order valence-corrected chi connectivity index (χ4v) is 3.76. The van der Waals surface area contributed by atoms with E-state index in [0.29, 0.717) is 39.2 Å². The number of nitrogens with zero attached hydrogens (tertiary/aromatic N) is 1. The van der Waals surface area contributed by atoms with Gasteiger partial charge in [-0.05, 0) is 42.7 Å². The lowest BCUT2D eigenvalue weighted by atomic mass is 10.0. The van der Waals surface area contributed by atoms with Crippen molar-refractivity contribution in [2.45, 2.75) is 25.8 Å². The first-order valence-electron chi connectivity index (χ1n) is 10.2. The molecule has 1 fully saturated rings. The number of amides is 1. The summed E-state index contributed by atoms with van der Waals surface area (Å²) in [6, 6.07) is 15.8. The number of rotatable bonds is 9. The number of carbonyl (C=O) groups excluding carboxylic acids is 1. The second kappa shape index (κ2) is 11.2. The Morgan fingerprint density at radius 2 is 2.00 bits per heavy atom. The molecule has 156 valence electrons. The van der Waals surface area contributed by atoms with E-state index in [1.807, 2.05) is 55.5 Å². The van der Waals surface area contributed by atoms with Crippen LogP contribution in [0.3, 0.4) is 0 Å². The van der Waals surface area contributed by atoms with E-state index in [2.05, 4.69) is 10.2 Å². The van der Waals surface area contributed by atoms with Gasteiger partial charge in [0.2, 0.25) is 5.91 Å². The molecule has 0 radical (unpaired) electrons. The molecule has 1 heterocycles. The van der Waals surface area contributed by atoms with Crippen molar-refractivity contribution in [1.82, 2.24) is 10.2 Å². The summed E-state index contributed by atoms with van der Waals surface area (Å²) >= 11 is 6.44. The van der Waals surface area contributed by atoms with Gasteiger partial charge < -0.3 is 14.8 Å². The third kappa shape index (κ3) is 6.74. The Kier molecular flexibility index (Phi) is 8.35. The molecule has 29 heavy (non-hydrogen) atoms. The molecule has 1 atom stereocenters. The van der Waals surface area contributed by atoms with Crippen LogP contribution in [-0.4, -0.2) is 50.3 Å². The molecule has 1 unspecified atom stereocenters. The summed E-state index contributed by atoms with van der Waals surface area (Å²) in [7, 11) is 0. The van der Waals surface area contributed by atoms with Crippen molar-refractivity contribution in [3.8, 4) is 5.75 Å². The lowest BCUT2D eigenvalue weighted by Crippen LogP contribution is -2.44. The van der Waals surface area contributed by atoms with Crippen LogP contribution in [0.4, 0.5) is 0 Å². The summed E-state index contributed by atoms with van der Waals surface area (Å²) in [6.07, 6.45) is 1.11. The Morgan fingerprint density at radius 3 is 2.76 bits per heavy atom. The third-order valence-electron chi connectivity index (χ3n) is 5.05. The summed E-state index contributed by atoms with van der Waals surface area (Å²) in [6.45, 7) is 6.14. The van der Waals surface area contributed by atoms with E-state index < -0.39 is 0 Å². The minimum Gasteiger partial charge on any atom is -0.494 e. The molecular formula is C23H29ClN2O3. The first kappa shape index (κ1) is 21.6. The fraction of sp³-hybridized carbons (Fsp3) is 0.435. The standard InChI is InChI=1S/C23H29ClN2O3/c1-18-6-4-7-19(16-18)29-13-5-10-23(27)25-17-22(26-11-14-28-15-12-26)20-8-2-3-9-21(20)24/h2-4,6-9,16,22H,5,10-15,17H2,1H3,(H,25,27). The lowest BCUT2D eigenvalue weighted by molar-refractivity contribution is -0.121. The molecular weight excluding hydrogens is 388 g/mol. The van der Waals surface area contributed by atoms with Gasteiger partial charge in [-0.25, -0.2) is 0 Å². The zero-order valence-corrected chi connectivity index (χ0v) is 17.7. The number of halogens is 1.